The van der Waals surface area contributed by atoms with Crippen LogP contribution in [0.4, 0.5) is 4.79 Å². The van der Waals surface area contributed by atoms with Crippen LogP contribution >= 0.6 is 0 Å². The maximum atomic E-state index is 12.3. The summed E-state index contributed by atoms with van der Waals surface area (Å²) < 4.78 is 0. The first-order valence-corrected chi connectivity index (χ1v) is 7.80. The van der Waals surface area contributed by atoms with E-state index in [1.165, 1.54) is 4.90 Å². The maximum absolute atomic E-state index is 12.3. The summed E-state index contributed by atoms with van der Waals surface area (Å²) in [7, 11) is 0. The van der Waals surface area contributed by atoms with E-state index < -0.39 is 6.04 Å². The molecule has 25 heavy (non-hydrogen) atoms. The van der Waals surface area contributed by atoms with Crippen molar-refractivity contribution in [3.05, 3.63) is 96.1 Å². The zero-order valence-corrected chi connectivity index (χ0v) is 14.6. The maximum Gasteiger partial charge on any atom is 2.00 e. The molecule has 1 unspecified atom stereocenters. The predicted octanol–water partition coefficient (Wildman–Crippen LogP) is 3.60. The number of nitrogens with one attached hydrogen (secondary N) is 1. The predicted molar refractivity (Wildman–Crippen MR) is 92.3 cm³/mol. The van der Waals surface area contributed by atoms with Crippen LogP contribution in [0.3, 0.4) is 0 Å². The molecule has 0 aromatic heterocycles. The molecule has 4 rings (SSSR count). The van der Waals surface area contributed by atoms with E-state index in [2.05, 4.69) is 5.32 Å². The average molecular weight is 374 g/mol. The molecule has 1 N–H and O–H groups in total. The van der Waals surface area contributed by atoms with Crippen LogP contribution in [0.25, 0.3) is 0 Å². The van der Waals surface area contributed by atoms with Crippen molar-refractivity contribution in [2.45, 2.75) is 12.6 Å². The Morgan fingerprint density at radius 3 is 2.16 bits per heavy atom. The van der Waals surface area contributed by atoms with Crippen LogP contribution in [0, 0.1) is 0 Å². The Hall–Kier alpha value is -2.62. The smallest absolute Gasteiger partial charge is 0.322 e. The van der Waals surface area contributed by atoms with Crippen molar-refractivity contribution in [2.24, 2.45) is 0 Å². The minimum atomic E-state index is -0.566. The van der Waals surface area contributed by atoms with Crippen LogP contribution in [0.5, 0.6) is 0 Å². The molecule has 0 spiro atoms. The fourth-order valence-corrected chi connectivity index (χ4v) is 2.56. The molecule has 3 amide bonds. The summed E-state index contributed by atoms with van der Waals surface area (Å²) in [5.74, 6) is -0.197. The third-order valence-electron chi connectivity index (χ3n) is 3.79. The number of benzene rings is 1. The molecule has 5 heteroatoms. The van der Waals surface area contributed by atoms with Crippen LogP contribution in [0.15, 0.2) is 84.9 Å². The summed E-state index contributed by atoms with van der Waals surface area (Å²) in [5.41, 5.74) is 1.77. The van der Waals surface area contributed by atoms with Gasteiger partial charge in [0, 0.05) is 6.54 Å². The van der Waals surface area contributed by atoms with E-state index in [4.69, 9.17) is 0 Å². The third-order valence-corrected chi connectivity index (χ3v) is 3.79. The monoisotopic (exact) mass is 374 g/mol. The van der Waals surface area contributed by atoms with E-state index in [-0.39, 0.29) is 29.0 Å². The van der Waals surface area contributed by atoms with E-state index in [1.54, 1.807) is 0 Å². The van der Waals surface area contributed by atoms with Gasteiger partial charge in [0.05, 0.1) is 0 Å². The Bertz CT molecular complexity index is 750. The third kappa shape index (κ3) is 4.69. The number of hydrogen-bond donors (Lipinski definition) is 1. The molecule has 0 radical (unpaired) electrons. The molecule has 4 nitrogen and oxygen atoms in total. The Balaban J connectivity index is 0.000000325. The molecule has 1 heterocycles. The normalized spacial score (nSPS) is 15.8. The number of urea groups is 1. The van der Waals surface area contributed by atoms with Gasteiger partial charge >= 0.3 is 23.1 Å². The number of rotatable bonds is 3. The number of nitrogens with zero attached hydrogens (tertiary/aromatic N) is 1. The molecule has 1 atom stereocenters. The Kier molecular flexibility index (Phi) is 6.75. The molecule has 1 saturated heterocycles. The standard InChI is InChI=1S/C15H13N2O2.C5H5.Fe/c18-14-13(12-8-2-1-3-9-12)16-15(19)17(14)10-11-6-4-5-7-11;1-2-4-5-3-1;/h1-9,13H,10H2,(H,16,19);1-5H;/q2*-1;+2. The number of amides is 3. The van der Waals surface area contributed by atoms with Crippen LogP contribution in [0.2, 0.25) is 0 Å². The van der Waals surface area contributed by atoms with E-state index in [9.17, 15) is 9.59 Å². The zero-order chi connectivity index (χ0) is 16.8. The molecule has 0 aliphatic carbocycles. The van der Waals surface area contributed by atoms with Gasteiger partial charge in [0.25, 0.3) is 5.91 Å². The average Bonchev–Trinajstić information content (AvgIpc) is 3.37. The zero-order valence-electron chi connectivity index (χ0n) is 13.5. The van der Waals surface area contributed by atoms with Crippen molar-refractivity contribution in [2.75, 3.05) is 0 Å². The van der Waals surface area contributed by atoms with Gasteiger partial charge in [-0.2, -0.15) is 30.3 Å². The van der Waals surface area contributed by atoms with Gasteiger partial charge in [-0.25, -0.2) is 29.1 Å². The minimum absolute atomic E-state index is 0. The summed E-state index contributed by atoms with van der Waals surface area (Å²) in [5, 5.41) is 2.72. The first-order valence-electron chi connectivity index (χ1n) is 7.80. The van der Waals surface area contributed by atoms with Crippen LogP contribution < -0.4 is 5.32 Å². The van der Waals surface area contributed by atoms with Crippen LogP contribution in [0.1, 0.15) is 17.2 Å². The fraction of sp³-hybridized carbons (Fsp3) is 0.100. The largest absolute Gasteiger partial charge is 2.00 e. The van der Waals surface area contributed by atoms with Crippen molar-refractivity contribution in [1.82, 2.24) is 10.2 Å². The molecule has 0 bridgehead atoms. The summed E-state index contributed by atoms with van der Waals surface area (Å²) in [6, 6.07) is 26.0. The van der Waals surface area contributed by atoms with Gasteiger partial charge in [0.15, 0.2) is 0 Å². The second-order valence-electron chi connectivity index (χ2n) is 5.47. The summed E-state index contributed by atoms with van der Waals surface area (Å²) in [6.07, 6.45) is 0. The van der Waals surface area contributed by atoms with Crippen molar-refractivity contribution in [3.63, 3.8) is 0 Å². The first-order chi connectivity index (χ1) is 11.8. The van der Waals surface area contributed by atoms with Gasteiger partial charge in [0.2, 0.25) is 0 Å². The van der Waals surface area contributed by atoms with Gasteiger partial charge in [0.1, 0.15) is 6.04 Å². The second-order valence-corrected chi connectivity index (χ2v) is 5.47. The van der Waals surface area contributed by atoms with Gasteiger partial charge in [-0.05, 0) is 5.56 Å². The number of carbonyl (C=O) groups excluding carboxylic acids is 2. The summed E-state index contributed by atoms with van der Waals surface area (Å²) in [4.78, 5) is 25.4. The molecule has 1 aliphatic heterocycles. The Morgan fingerprint density at radius 2 is 1.60 bits per heavy atom. The van der Waals surface area contributed by atoms with E-state index in [0.29, 0.717) is 6.54 Å². The van der Waals surface area contributed by atoms with Crippen molar-refractivity contribution in [1.29, 1.82) is 0 Å². The van der Waals surface area contributed by atoms with Crippen molar-refractivity contribution < 1.29 is 26.7 Å². The molecule has 128 valence electrons. The quantitative estimate of drug-likeness (QED) is 0.433. The molecule has 1 aliphatic rings. The first kappa shape index (κ1) is 18.7. The number of carbonyl (C=O) groups is 2. The van der Waals surface area contributed by atoms with E-state index >= 15 is 0 Å². The molecule has 3 aromatic rings. The molecule has 3 aromatic carbocycles. The van der Waals surface area contributed by atoms with Gasteiger partial charge < -0.3 is 5.32 Å². The Labute approximate surface area is 157 Å². The summed E-state index contributed by atoms with van der Waals surface area (Å²) in [6.45, 7) is 0.320. The topological polar surface area (TPSA) is 49.4 Å². The van der Waals surface area contributed by atoms with Crippen molar-refractivity contribution in [3.8, 4) is 0 Å². The number of imide groups is 1. The van der Waals surface area contributed by atoms with Crippen LogP contribution in [-0.4, -0.2) is 16.8 Å². The van der Waals surface area contributed by atoms with Gasteiger partial charge in [-0.3, -0.25) is 9.69 Å². The van der Waals surface area contributed by atoms with E-state index in [1.807, 2.05) is 84.9 Å². The Morgan fingerprint density at radius 1 is 0.960 bits per heavy atom. The fourth-order valence-electron chi connectivity index (χ4n) is 2.56. The van der Waals surface area contributed by atoms with Gasteiger partial charge in [-0.1, -0.05) is 30.3 Å². The van der Waals surface area contributed by atoms with E-state index in [0.717, 1.165) is 11.1 Å². The SMILES string of the molecule is O=C1NC(c2ccccc2)C(=O)N1C[c-]1cccc1.[Fe+2].c1cc[cH-]c1. The minimum Gasteiger partial charge on any atom is -0.322 e. The molecule has 1 fully saturated rings. The number of hydrogen-bond acceptors (Lipinski definition) is 2. The van der Waals surface area contributed by atoms with Gasteiger partial charge in [-0.15, -0.1) is 5.56 Å². The summed E-state index contributed by atoms with van der Waals surface area (Å²) >= 11 is 0. The molecular formula is C20H18FeN2O2. The molecule has 0 saturated carbocycles. The van der Waals surface area contributed by atoms with Crippen LogP contribution in [-0.2, 0) is 28.4 Å². The molecular weight excluding hydrogens is 356 g/mol. The van der Waals surface area contributed by atoms with Crippen molar-refractivity contribution >= 4 is 11.9 Å². The second kappa shape index (κ2) is 9.02.